The number of benzene rings is 4. The number of aromatic nitrogens is 1. The van der Waals surface area contributed by atoms with E-state index in [1.807, 2.05) is 36.4 Å². The molecule has 5 rings (SSSR count). The zero-order valence-electron chi connectivity index (χ0n) is 18.5. The Labute approximate surface area is 209 Å². The van der Waals surface area contributed by atoms with Crippen molar-refractivity contribution in [2.24, 2.45) is 0 Å². The van der Waals surface area contributed by atoms with E-state index in [2.05, 4.69) is 15.0 Å². The molecule has 36 heavy (non-hydrogen) atoms. The molecule has 0 fully saturated rings. The van der Waals surface area contributed by atoms with Gasteiger partial charge >= 0.3 is 0 Å². The van der Waals surface area contributed by atoms with Gasteiger partial charge in [0.05, 0.1) is 20.8 Å². The smallest absolute Gasteiger partial charge is 0.262 e. The lowest BCUT2D eigenvalue weighted by Crippen LogP contribution is -2.14. The van der Waals surface area contributed by atoms with Crippen LogP contribution in [0.5, 0.6) is 5.75 Å². The van der Waals surface area contributed by atoms with Gasteiger partial charge in [-0.15, -0.1) is 11.3 Å². The highest BCUT2D eigenvalue weighted by molar-refractivity contribution is 7.92. The Kier molecular flexibility index (Phi) is 6.13. The van der Waals surface area contributed by atoms with Gasteiger partial charge in [-0.1, -0.05) is 24.3 Å². The third-order valence-corrected chi connectivity index (χ3v) is 7.78. The second-order valence-corrected chi connectivity index (χ2v) is 10.5. The summed E-state index contributed by atoms with van der Waals surface area (Å²) in [6.07, 6.45) is 0. The van der Waals surface area contributed by atoms with Crippen molar-refractivity contribution in [1.82, 2.24) is 4.98 Å². The first-order valence-corrected chi connectivity index (χ1v) is 13.0. The van der Waals surface area contributed by atoms with Crippen LogP contribution in [0.1, 0.15) is 10.4 Å². The zero-order valence-corrected chi connectivity index (χ0v) is 20.1. The maximum Gasteiger partial charge on any atom is 0.262 e. The van der Waals surface area contributed by atoms with Gasteiger partial charge in [0.2, 0.25) is 0 Å². The van der Waals surface area contributed by atoms with Crippen molar-refractivity contribution < 1.29 is 22.7 Å². The first-order valence-electron chi connectivity index (χ1n) is 10.7. The lowest BCUT2D eigenvalue weighted by Gasteiger charge is -2.12. The molecule has 0 unspecified atom stereocenters. The Hall–Kier alpha value is -4.28. The number of amides is 1. The van der Waals surface area contributed by atoms with E-state index in [0.29, 0.717) is 5.56 Å². The summed E-state index contributed by atoms with van der Waals surface area (Å²) in [5.74, 6) is -1.32. The second kappa shape index (κ2) is 9.40. The fraction of sp³-hybridized carbons (Fsp3) is 0. The monoisotopic (exact) mass is 519 g/mol. The summed E-state index contributed by atoms with van der Waals surface area (Å²) in [5, 5.41) is 13.7. The van der Waals surface area contributed by atoms with Gasteiger partial charge in [-0.05, 0) is 66.7 Å². The Morgan fingerprint density at radius 2 is 1.64 bits per heavy atom. The Morgan fingerprint density at radius 3 is 2.36 bits per heavy atom. The van der Waals surface area contributed by atoms with E-state index in [4.69, 9.17) is 0 Å². The van der Waals surface area contributed by atoms with Crippen molar-refractivity contribution in [3.05, 3.63) is 102 Å². The van der Waals surface area contributed by atoms with Crippen molar-refractivity contribution in [2.75, 3.05) is 10.0 Å². The normalized spacial score (nSPS) is 11.4. The van der Waals surface area contributed by atoms with Gasteiger partial charge in [0.1, 0.15) is 16.6 Å². The number of anilines is 2. The molecule has 10 heteroatoms. The summed E-state index contributed by atoms with van der Waals surface area (Å²) in [5.41, 5.74) is 2.32. The predicted molar refractivity (Wildman–Crippen MR) is 138 cm³/mol. The minimum atomic E-state index is -4.09. The third-order valence-electron chi connectivity index (χ3n) is 5.31. The third kappa shape index (κ3) is 4.90. The number of hydrogen-bond acceptors (Lipinski definition) is 6. The predicted octanol–water partition coefficient (Wildman–Crippen LogP) is 5.86. The molecule has 0 saturated heterocycles. The van der Waals surface area contributed by atoms with Crippen LogP contribution < -0.4 is 10.0 Å². The first-order chi connectivity index (χ1) is 17.3. The van der Waals surface area contributed by atoms with Crippen LogP contribution in [0.15, 0.2) is 95.9 Å². The van der Waals surface area contributed by atoms with E-state index in [-0.39, 0.29) is 22.0 Å². The molecule has 180 valence electrons. The number of sulfonamides is 1. The highest BCUT2D eigenvalue weighted by atomic mass is 32.2. The van der Waals surface area contributed by atoms with Crippen molar-refractivity contribution in [1.29, 1.82) is 0 Å². The zero-order chi connectivity index (χ0) is 25.3. The summed E-state index contributed by atoms with van der Waals surface area (Å²) in [4.78, 5) is 17.2. The van der Waals surface area contributed by atoms with Crippen LogP contribution >= 0.6 is 11.3 Å². The molecule has 0 radical (unpaired) electrons. The topological polar surface area (TPSA) is 108 Å². The van der Waals surface area contributed by atoms with Gasteiger partial charge < -0.3 is 10.4 Å². The SMILES string of the molecule is O=C(Nc1ccc(O)c(NS(=O)(=O)c2ccc(F)cc2)c1)c1ccc(-c2nc3ccccc3s2)cc1. The molecule has 3 N–H and O–H groups in total. The summed E-state index contributed by atoms with van der Waals surface area (Å²) in [6.45, 7) is 0. The number of nitrogens with one attached hydrogen (secondary N) is 2. The standard InChI is InChI=1S/C26H18FN3O4S2/c27-18-9-12-20(13-10-18)36(33,34)30-22-15-19(11-14-23(22)31)28-25(32)16-5-7-17(8-6-16)26-29-21-3-1-2-4-24(21)35-26/h1-15,30-31H,(H,28,32). The quantitative estimate of drug-likeness (QED) is 0.192. The summed E-state index contributed by atoms with van der Waals surface area (Å²) < 4.78 is 41.6. The minimum absolute atomic E-state index is 0.136. The molecule has 1 amide bonds. The molecule has 0 aliphatic rings. The van der Waals surface area contributed by atoms with Gasteiger partial charge in [-0.25, -0.2) is 17.8 Å². The van der Waals surface area contributed by atoms with Gasteiger partial charge in [-0.2, -0.15) is 0 Å². The van der Waals surface area contributed by atoms with Crippen LogP contribution in [-0.4, -0.2) is 24.4 Å². The highest BCUT2D eigenvalue weighted by Crippen LogP contribution is 2.31. The molecule has 0 aliphatic carbocycles. The largest absolute Gasteiger partial charge is 0.506 e. The molecule has 0 bridgehead atoms. The Balaban J connectivity index is 1.32. The van der Waals surface area contributed by atoms with Gasteiger partial charge in [0, 0.05) is 16.8 Å². The minimum Gasteiger partial charge on any atom is -0.506 e. The number of rotatable bonds is 6. The van der Waals surface area contributed by atoms with Gasteiger partial charge in [0.15, 0.2) is 0 Å². The van der Waals surface area contributed by atoms with E-state index in [9.17, 15) is 22.7 Å². The van der Waals surface area contributed by atoms with Gasteiger partial charge in [0.25, 0.3) is 15.9 Å². The number of para-hydroxylation sites is 1. The fourth-order valence-corrected chi connectivity index (χ4v) is 5.51. The number of carbonyl (C=O) groups is 1. The molecule has 1 aromatic heterocycles. The molecule has 1 heterocycles. The van der Waals surface area contributed by atoms with E-state index in [1.165, 1.54) is 18.2 Å². The first kappa shape index (κ1) is 23.5. The molecule has 4 aromatic carbocycles. The number of phenols is 1. The van der Waals surface area contributed by atoms with Crippen LogP contribution in [0.2, 0.25) is 0 Å². The maximum absolute atomic E-state index is 13.1. The average Bonchev–Trinajstić information content (AvgIpc) is 3.31. The number of halogens is 1. The van der Waals surface area contributed by atoms with Gasteiger partial charge in [-0.3, -0.25) is 9.52 Å². The van der Waals surface area contributed by atoms with Crippen LogP contribution in [0.3, 0.4) is 0 Å². The van der Waals surface area contributed by atoms with Crippen molar-refractivity contribution in [2.45, 2.75) is 4.90 Å². The maximum atomic E-state index is 13.1. The Morgan fingerprint density at radius 1 is 0.917 bits per heavy atom. The number of aromatic hydroxyl groups is 1. The summed E-state index contributed by atoms with van der Waals surface area (Å²) >= 11 is 1.56. The molecule has 0 atom stereocenters. The van der Waals surface area contributed by atoms with E-state index >= 15 is 0 Å². The van der Waals surface area contributed by atoms with Crippen LogP contribution in [0, 0.1) is 5.82 Å². The lowest BCUT2D eigenvalue weighted by atomic mass is 10.1. The average molecular weight is 520 g/mol. The number of nitrogens with zero attached hydrogens (tertiary/aromatic N) is 1. The molecular formula is C26H18FN3O4S2. The molecule has 7 nitrogen and oxygen atoms in total. The lowest BCUT2D eigenvalue weighted by molar-refractivity contribution is 0.102. The molecule has 0 spiro atoms. The number of thiazole rings is 1. The second-order valence-electron chi connectivity index (χ2n) is 7.81. The Bertz CT molecular complexity index is 1650. The van der Waals surface area contributed by atoms with Crippen molar-refractivity contribution >= 4 is 48.9 Å². The summed E-state index contributed by atoms with van der Waals surface area (Å²) in [7, 11) is -4.09. The summed E-state index contributed by atoms with van der Waals surface area (Å²) in [6, 6.07) is 23.1. The van der Waals surface area contributed by atoms with Crippen molar-refractivity contribution in [3.63, 3.8) is 0 Å². The van der Waals surface area contributed by atoms with E-state index in [1.54, 1.807) is 23.5 Å². The van der Waals surface area contributed by atoms with Crippen molar-refractivity contribution in [3.8, 4) is 16.3 Å². The van der Waals surface area contributed by atoms with E-state index < -0.39 is 21.7 Å². The van der Waals surface area contributed by atoms with E-state index in [0.717, 1.165) is 45.1 Å². The molecule has 0 saturated carbocycles. The number of fused-ring (bicyclic) bond motifs is 1. The number of phenolic OH excluding ortho intramolecular Hbond substituents is 1. The van der Waals surface area contributed by atoms with Crippen LogP contribution in [0.25, 0.3) is 20.8 Å². The molecule has 0 aliphatic heterocycles. The number of carbonyl (C=O) groups excluding carboxylic acids is 1. The number of hydrogen-bond donors (Lipinski definition) is 3. The van der Waals surface area contributed by atoms with Crippen LogP contribution in [-0.2, 0) is 10.0 Å². The van der Waals surface area contributed by atoms with Crippen LogP contribution in [0.4, 0.5) is 15.8 Å². The molecular weight excluding hydrogens is 501 g/mol. The molecule has 5 aromatic rings. The highest BCUT2D eigenvalue weighted by Gasteiger charge is 2.17. The fourth-order valence-electron chi connectivity index (χ4n) is 3.48.